The molecule has 7 heteroatoms. The Kier molecular flexibility index (Phi) is 2.95. The zero-order valence-corrected chi connectivity index (χ0v) is 12.2. The maximum absolute atomic E-state index is 12.8. The third-order valence-corrected chi connectivity index (χ3v) is 6.42. The third-order valence-electron chi connectivity index (χ3n) is 4.34. The van der Waals surface area contributed by atoms with Crippen LogP contribution in [-0.2, 0) is 10.0 Å². The Balaban J connectivity index is 2.11. The predicted molar refractivity (Wildman–Crippen MR) is 70.2 cm³/mol. The van der Waals surface area contributed by atoms with E-state index in [0.29, 0.717) is 12.5 Å². The first kappa shape index (κ1) is 13.6. The molecule has 2 fully saturated rings. The highest BCUT2D eigenvalue weighted by Gasteiger charge is 2.46. The lowest BCUT2D eigenvalue weighted by atomic mass is 10.1. The van der Waals surface area contributed by atoms with Gasteiger partial charge in [-0.05, 0) is 39.0 Å². The lowest BCUT2D eigenvalue weighted by Gasteiger charge is -2.26. The summed E-state index contributed by atoms with van der Waals surface area (Å²) in [4.78, 5) is 11.2. The van der Waals surface area contributed by atoms with Gasteiger partial charge in [-0.25, -0.2) is 13.2 Å². The second-order valence-electron chi connectivity index (χ2n) is 5.63. The number of furan rings is 1. The number of nitrogens with zero attached hydrogens (tertiary/aromatic N) is 1. The summed E-state index contributed by atoms with van der Waals surface area (Å²) >= 11 is 0. The number of fused-ring (bicyclic) bond motifs is 2. The van der Waals surface area contributed by atoms with Gasteiger partial charge in [0.25, 0.3) is 0 Å². The Morgan fingerprint density at radius 2 is 2.00 bits per heavy atom. The summed E-state index contributed by atoms with van der Waals surface area (Å²) in [5.41, 5.74) is -0.231. The number of carbonyl (C=O) groups is 1. The quantitative estimate of drug-likeness (QED) is 0.919. The van der Waals surface area contributed by atoms with E-state index in [1.807, 2.05) is 0 Å². The van der Waals surface area contributed by atoms with E-state index in [1.54, 1.807) is 0 Å². The average Bonchev–Trinajstić information content (AvgIpc) is 3.02. The van der Waals surface area contributed by atoms with Gasteiger partial charge in [0, 0.05) is 12.6 Å². The Morgan fingerprint density at radius 3 is 2.50 bits per heavy atom. The van der Waals surface area contributed by atoms with Crippen molar-refractivity contribution in [3.05, 3.63) is 17.1 Å². The average molecular weight is 299 g/mol. The normalized spacial score (nSPS) is 26.3. The van der Waals surface area contributed by atoms with Crippen molar-refractivity contribution in [2.24, 2.45) is 5.92 Å². The van der Waals surface area contributed by atoms with Crippen LogP contribution in [0.5, 0.6) is 0 Å². The summed E-state index contributed by atoms with van der Waals surface area (Å²) in [6, 6.07) is 0.0150. The van der Waals surface area contributed by atoms with Gasteiger partial charge in [0.2, 0.25) is 10.0 Å². The first-order valence-corrected chi connectivity index (χ1v) is 8.11. The predicted octanol–water partition coefficient (Wildman–Crippen LogP) is 1.77. The van der Waals surface area contributed by atoms with Gasteiger partial charge < -0.3 is 9.52 Å². The number of sulfonamides is 1. The highest BCUT2D eigenvalue weighted by atomic mass is 32.2. The van der Waals surface area contributed by atoms with Crippen LogP contribution in [0.15, 0.2) is 9.31 Å². The molecule has 2 atom stereocenters. The van der Waals surface area contributed by atoms with E-state index in [4.69, 9.17) is 4.42 Å². The van der Waals surface area contributed by atoms with Gasteiger partial charge in [-0.15, -0.1) is 0 Å². The minimum atomic E-state index is -3.80. The molecule has 2 aliphatic rings. The van der Waals surface area contributed by atoms with E-state index in [2.05, 4.69) is 0 Å². The molecule has 0 aromatic carbocycles. The van der Waals surface area contributed by atoms with Crippen LogP contribution >= 0.6 is 0 Å². The molecule has 0 spiro atoms. The largest absolute Gasteiger partial charge is 0.478 e. The molecule has 1 saturated carbocycles. The molecule has 1 N–H and O–H groups in total. The molecule has 110 valence electrons. The number of aryl methyl sites for hydroxylation is 2. The number of piperidine rings is 1. The van der Waals surface area contributed by atoms with Gasteiger partial charge >= 0.3 is 5.97 Å². The number of rotatable bonds is 3. The molecule has 1 saturated heterocycles. The van der Waals surface area contributed by atoms with Gasteiger partial charge in [0.15, 0.2) is 0 Å². The van der Waals surface area contributed by atoms with Crippen molar-refractivity contribution in [2.75, 3.05) is 6.54 Å². The van der Waals surface area contributed by atoms with Gasteiger partial charge in [-0.3, -0.25) is 0 Å². The van der Waals surface area contributed by atoms with Crippen molar-refractivity contribution in [2.45, 2.75) is 44.0 Å². The summed E-state index contributed by atoms with van der Waals surface area (Å²) in [6.07, 6.45) is 2.81. The second-order valence-corrected chi connectivity index (χ2v) is 7.46. The van der Waals surface area contributed by atoms with E-state index in [1.165, 1.54) is 18.2 Å². The van der Waals surface area contributed by atoms with E-state index < -0.39 is 16.0 Å². The molecule has 0 radical (unpaired) electrons. The maximum Gasteiger partial charge on any atom is 0.340 e. The van der Waals surface area contributed by atoms with Crippen LogP contribution in [0.2, 0.25) is 0 Å². The van der Waals surface area contributed by atoms with Gasteiger partial charge in [0.05, 0.1) is 0 Å². The monoisotopic (exact) mass is 299 g/mol. The molecule has 6 nitrogen and oxygen atoms in total. The molecule has 2 bridgehead atoms. The molecular formula is C13H17NO5S. The Labute approximate surface area is 117 Å². The Bertz CT molecular complexity index is 675. The van der Waals surface area contributed by atoms with E-state index >= 15 is 0 Å². The molecule has 1 aromatic rings. The Morgan fingerprint density at radius 1 is 1.30 bits per heavy atom. The fourth-order valence-corrected chi connectivity index (χ4v) is 5.63. The molecule has 0 amide bonds. The third kappa shape index (κ3) is 1.80. The molecular weight excluding hydrogens is 282 g/mol. The van der Waals surface area contributed by atoms with E-state index in [-0.39, 0.29) is 28.0 Å². The highest BCUT2D eigenvalue weighted by Crippen LogP contribution is 2.42. The number of carboxylic acids is 1. The molecule has 1 aliphatic heterocycles. The number of aromatic carboxylic acids is 1. The van der Waals surface area contributed by atoms with E-state index in [9.17, 15) is 18.3 Å². The Hall–Kier alpha value is -1.34. The van der Waals surface area contributed by atoms with Crippen LogP contribution < -0.4 is 0 Å². The van der Waals surface area contributed by atoms with Crippen molar-refractivity contribution in [3.63, 3.8) is 0 Å². The highest BCUT2D eigenvalue weighted by molar-refractivity contribution is 7.89. The topological polar surface area (TPSA) is 87.8 Å². The van der Waals surface area contributed by atoms with Crippen molar-refractivity contribution >= 4 is 16.0 Å². The van der Waals surface area contributed by atoms with Crippen molar-refractivity contribution < 1.29 is 22.7 Å². The molecule has 1 aromatic heterocycles. The zero-order chi connectivity index (χ0) is 14.7. The number of hydrogen-bond acceptors (Lipinski definition) is 4. The van der Waals surface area contributed by atoms with Crippen LogP contribution in [0.4, 0.5) is 0 Å². The molecule has 1 aliphatic carbocycles. The maximum atomic E-state index is 12.8. The molecule has 2 unspecified atom stereocenters. The van der Waals surface area contributed by atoms with Crippen LogP contribution in [0.1, 0.15) is 41.1 Å². The summed E-state index contributed by atoms with van der Waals surface area (Å²) < 4.78 is 32.3. The van der Waals surface area contributed by atoms with Crippen LogP contribution in [0.25, 0.3) is 0 Å². The smallest absolute Gasteiger partial charge is 0.340 e. The van der Waals surface area contributed by atoms with Gasteiger partial charge in [-0.1, -0.05) is 0 Å². The minimum Gasteiger partial charge on any atom is -0.478 e. The van der Waals surface area contributed by atoms with Gasteiger partial charge in [0.1, 0.15) is 22.0 Å². The fourth-order valence-electron chi connectivity index (χ4n) is 3.51. The van der Waals surface area contributed by atoms with Crippen LogP contribution in [0, 0.1) is 19.8 Å². The standard InChI is InChI=1S/C13H17NO5S/c1-7-11(13(15)16)12(8(2)19-7)20(17,18)14-6-9-3-4-10(14)5-9/h9-10H,3-6H2,1-2H3,(H,15,16). The first-order valence-electron chi connectivity index (χ1n) is 6.67. The summed E-state index contributed by atoms with van der Waals surface area (Å²) in [5, 5.41) is 9.25. The lowest BCUT2D eigenvalue weighted by Crippen LogP contribution is -2.38. The van der Waals surface area contributed by atoms with Crippen molar-refractivity contribution in [1.82, 2.24) is 4.31 Å². The number of carboxylic acid groups (broad SMARTS) is 1. The van der Waals surface area contributed by atoms with Crippen molar-refractivity contribution in [1.29, 1.82) is 0 Å². The molecule has 2 heterocycles. The SMILES string of the molecule is Cc1oc(C)c(S(=O)(=O)N2CC3CCC2C3)c1C(=O)O. The van der Waals surface area contributed by atoms with Crippen molar-refractivity contribution in [3.8, 4) is 0 Å². The number of hydrogen-bond donors (Lipinski definition) is 1. The summed E-state index contributed by atoms with van der Waals surface area (Å²) in [6.45, 7) is 3.47. The van der Waals surface area contributed by atoms with Crippen LogP contribution in [-0.4, -0.2) is 36.4 Å². The summed E-state index contributed by atoms with van der Waals surface area (Å²) in [7, 11) is -3.80. The zero-order valence-electron chi connectivity index (χ0n) is 11.4. The van der Waals surface area contributed by atoms with Crippen LogP contribution in [0.3, 0.4) is 0 Å². The second kappa shape index (κ2) is 4.33. The molecule has 20 heavy (non-hydrogen) atoms. The van der Waals surface area contributed by atoms with Gasteiger partial charge in [-0.2, -0.15) is 4.31 Å². The fraction of sp³-hybridized carbons (Fsp3) is 0.615. The van der Waals surface area contributed by atoms with E-state index in [0.717, 1.165) is 19.3 Å². The lowest BCUT2D eigenvalue weighted by molar-refractivity contribution is 0.0691. The molecule has 3 rings (SSSR count). The first-order chi connectivity index (χ1) is 9.32. The summed E-state index contributed by atoms with van der Waals surface area (Å²) in [5.74, 6) is -0.556. The minimum absolute atomic E-state index is 0.0150.